The van der Waals surface area contributed by atoms with E-state index in [4.69, 9.17) is 0 Å². The molecule has 0 saturated carbocycles. The molecule has 2 aromatic heterocycles. The lowest BCUT2D eigenvalue weighted by molar-refractivity contribution is -0.135. The van der Waals surface area contributed by atoms with Crippen molar-refractivity contribution in [2.75, 3.05) is 13.1 Å². The van der Waals surface area contributed by atoms with Crippen LogP contribution in [-0.4, -0.2) is 44.2 Å². The number of hydrogen-bond acceptors (Lipinski definition) is 5. The molecule has 7 heteroatoms. The first-order valence-corrected chi connectivity index (χ1v) is 9.75. The topological polar surface area (TPSA) is 85.2 Å². The van der Waals surface area contributed by atoms with Crippen molar-refractivity contribution in [1.82, 2.24) is 19.4 Å². The lowest BCUT2D eigenvalue weighted by Crippen LogP contribution is -2.44. The largest absolute Gasteiger partial charge is 0.341 e. The Labute approximate surface area is 168 Å². The molecule has 3 heterocycles. The highest BCUT2D eigenvalue weighted by molar-refractivity contribution is 5.97. The minimum absolute atomic E-state index is 0.0770. The number of rotatable bonds is 4. The maximum atomic E-state index is 13.0. The van der Waals surface area contributed by atoms with Gasteiger partial charge in [0.15, 0.2) is 5.78 Å². The van der Waals surface area contributed by atoms with E-state index in [-0.39, 0.29) is 23.2 Å². The quantitative estimate of drug-likeness (QED) is 0.639. The molecular formula is C22H22N4O3. The van der Waals surface area contributed by atoms with Gasteiger partial charge in [-0.15, -0.1) is 0 Å². The van der Waals surface area contributed by atoms with E-state index in [2.05, 4.69) is 9.97 Å². The number of nitrogens with zero attached hydrogens (tertiary/aromatic N) is 4. The standard InChI is InChI=1S/C22H22N4O3/c1-15(26-14-24-19-7-3-2-6-18(19)22(26)29)21(28)25-11-8-16(9-12-25)20(27)17-5-4-10-23-13-17/h2-7,10,13-16H,8-9,11-12H2,1H3. The Kier molecular flexibility index (Phi) is 5.20. The molecule has 7 nitrogen and oxygen atoms in total. The Morgan fingerprint density at radius 3 is 2.59 bits per heavy atom. The fourth-order valence-electron chi connectivity index (χ4n) is 3.85. The van der Waals surface area contributed by atoms with Crippen LogP contribution >= 0.6 is 0 Å². The highest BCUT2D eigenvalue weighted by atomic mass is 16.2. The maximum absolute atomic E-state index is 13.0. The van der Waals surface area contributed by atoms with Crippen LogP contribution in [0.2, 0.25) is 0 Å². The number of carbonyl (C=O) groups is 2. The molecule has 0 N–H and O–H groups in total. The molecule has 1 saturated heterocycles. The van der Waals surface area contributed by atoms with E-state index in [1.807, 2.05) is 6.07 Å². The summed E-state index contributed by atoms with van der Waals surface area (Å²) in [7, 11) is 0. The van der Waals surface area contributed by atoms with Crippen LogP contribution in [0.25, 0.3) is 10.9 Å². The van der Waals surface area contributed by atoms with Gasteiger partial charge in [0, 0.05) is 37.0 Å². The molecule has 1 amide bonds. The second kappa shape index (κ2) is 7.95. The van der Waals surface area contributed by atoms with Gasteiger partial charge >= 0.3 is 0 Å². The lowest BCUT2D eigenvalue weighted by Gasteiger charge is -2.33. The second-order valence-electron chi connectivity index (χ2n) is 7.36. The zero-order valence-electron chi connectivity index (χ0n) is 16.2. The van der Waals surface area contributed by atoms with E-state index in [1.54, 1.807) is 54.5 Å². The van der Waals surface area contributed by atoms with E-state index in [1.165, 1.54) is 10.9 Å². The second-order valence-corrected chi connectivity index (χ2v) is 7.36. The number of para-hydroxylation sites is 1. The summed E-state index contributed by atoms with van der Waals surface area (Å²) in [5.41, 5.74) is 1.00. The lowest BCUT2D eigenvalue weighted by atomic mass is 9.89. The highest BCUT2D eigenvalue weighted by Crippen LogP contribution is 2.23. The Hall–Kier alpha value is -3.35. The number of carbonyl (C=O) groups excluding carboxylic acids is 2. The molecule has 1 unspecified atom stereocenters. The van der Waals surface area contributed by atoms with Gasteiger partial charge in [-0.25, -0.2) is 4.98 Å². The minimum atomic E-state index is -0.648. The number of Topliss-reactive ketones (excluding diaryl/α,β-unsaturated/α-hetero) is 1. The van der Waals surface area contributed by atoms with Gasteiger partial charge in [-0.1, -0.05) is 12.1 Å². The summed E-state index contributed by atoms with van der Waals surface area (Å²) in [6.45, 7) is 2.71. The van der Waals surface area contributed by atoms with Crippen molar-refractivity contribution in [1.29, 1.82) is 0 Å². The molecule has 1 aliphatic rings. The van der Waals surface area contributed by atoms with Crippen LogP contribution in [0.5, 0.6) is 0 Å². The predicted molar refractivity (Wildman–Crippen MR) is 109 cm³/mol. The molecule has 29 heavy (non-hydrogen) atoms. The summed E-state index contributed by atoms with van der Waals surface area (Å²) in [6.07, 6.45) is 5.88. The Bertz CT molecular complexity index is 1100. The third kappa shape index (κ3) is 3.68. The molecular weight excluding hydrogens is 368 g/mol. The van der Waals surface area contributed by atoms with E-state index in [9.17, 15) is 14.4 Å². The molecule has 1 aromatic carbocycles. The molecule has 1 atom stereocenters. The van der Waals surface area contributed by atoms with Gasteiger partial charge in [-0.3, -0.25) is 23.9 Å². The zero-order chi connectivity index (χ0) is 20.4. The van der Waals surface area contributed by atoms with Crippen molar-refractivity contribution in [2.24, 2.45) is 5.92 Å². The van der Waals surface area contributed by atoms with E-state index in [0.29, 0.717) is 42.4 Å². The van der Waals surface area contributed by atoms with E-state index < -0.39 is 6.04 Å². The van der Waals surface area contributed by atoms with Crippen molar-refractivity contribution in [3.8, 4) is 0 Å². The first-order valence-electron chi connectivity index (χ1n) is 9.75. The average molecular weight is 390 g/mol. The van der Waals surface area contributed by atoms with E-state index >= 15 is 0 Å². The molecule has 0 aliphatic carbocycles. The van der Waals surface area contributed by atoms with Gasteiger partial charge in [0.25, 0.3) is 5.56 Å². The number of ketones is 1. The van der Waals surface area contributed by atoms with Gasteiger partial charge < -0.3 is 4.90 Å². The van der Waals surface area contributed by atoms with Crippen molar-refractivity contribution in [3.63, 3.8) is 0 Å². The molecule has 0 spiro atoms. The smallest absolute Gasteiger partial charge is 0.261 e. The average Bonchev–Trinajstić information content (AvgIpc) is 2.79. The Morgan fingerprint density at radius 1 is 1.10 bits per heavy atom. The number of piperidine rings is 1. The van der Waals surface area contributed by atoms with Crippen LogP contribution in [0.15, 0.2) is 59.9 Å². The van der Waals surface area contributed by atoms with E-state index in [0.717, 1.165) is 0 Å². The van der Waals surface area contributed by atoms with Gasteiger partial charge in [0.1, 0.15) is 6.04 Å². The summed E-state index contributed by atoms with van der Waals surface area (Å²) in [5, 5.41) is 0.496. The third-order valence-corrected chi connectivity index (χ3v) is 5.59. The SMILES string of the molecule is CC(C(=O)N1CCC(C(=O)c2cccnc2)CC1)n1cnc2ccccc2c1=O. The van der Waals surface area contributed by atoms with Crippen LogP contribution < -0.4 is 5.56 Å². The molecule has 1 fully saturated rings. The summed E-state index contributed by atoms with van der Waals surface area (Å²) in [4.78, 5) is 48.4. The van der Waals surface area contributed by atoms with Crippen molar-refractivity contribution in [2.45, 2.75) is 25.8 Å². The van der Waals surface area contributed by atoms with Gasteiger partial charge in [-0.2, -0.15) is 0 Å². The monoisotopic (exact) mass is 390 g/mol. The number of pyridine rings is 1. The molecule has 4 rings (SSSR count). The zero-order valence-corrected chi connectivity index (χ0v) is 16.2. The summed E-state index contributed by atoms with van der Waals surface area (Å²) in [5.74, 6) is -0.159. The van der Waals surface area contributed by atoms with Crippen molar-refractivity contribution in [3.05, 3.63) is 71.0 Å². The first kappa shape index (κ1) is 19.0. The number of benzene rings is 1. The van der Waals surface area contributed by atoms with Crippen LogP contribution in [0.1, 0.15) is 36.2 Å². The summed E-state index contributed by atoms with van der Waals surface area (Å²) in [6, 6.07) is 9.98. The normalized spacial score (nSPS) is 16.0. The van der Waals surface area contributed by atoms with Crippen LogP contribution in [0.4, 0.5) is 0 Å². The molecule has 0 radical (unpaired) electrons. The Balaban J connectivity index is 1.45. The van der Waals surface area contributed by atoms with Gasteiger partial charge in [0.05, 0.1) is 17.2 Å². The number of amides is 1. The predicted octanol–water partition coefficient (Wildman–Crippen LogP) is 2.47. The van der Waals surface area contributed by atoms with Crippen molar-refractivity contribution < 1.29 is 9.59 Å². The summed E-state index contributed by atoms with van der Waals surface area (Å²) < 4.78 is 1.39. The van der Waals surface area contributed by atoms with Crippen LogP contribution in [0.3, 0.4) is 0 Å². The molecule has 3 aromatic rings. The minimum Gasteiger partial charge on any atom is -0.341 e. The van der Waals surface area contributed by atoms with Gasteiger partial charge in [0.2, 0.25) is 5.91 Å². The molecule has 148 valence electrons. The third-order valence-electron chi connectivity index (χ3n) is 5.59. The Morgan fingerprint density at radius 2 is 1.86 bits per heavy atom. The maximum Gasteiger partial charge on any atom is 0.261 e. The molecule has 0 bridgehead atoms. The number of hydrogen-bond donors (Lipinski definition) is 0. The highest BCUT2D eigenvalue weighted by Gasteiger charge is 2.30. The van der Waals surface area contributed by atoms with Crippen LogP contribution in [0, 0.1) is 5.92 Å². The fraction of sp³-hybridized carbons (Fsp3) is 0.318. The number of likely N-dealkylation sites (tertiary alicyclic amines) is 1. The van der Waals surface area contributed by atoms with Crippen LogP contribution in [-0.2, 0) is 4.79 Å². The fourth-order valence-corrected chi connectivity index (χ4v) is 3.85. The number of aromatic nitrogens is 3. The summed E-state index contributed by atoms with van der Waals surface area (Å²) >= 11 is 0. The van der Waals surface area contributed by atoms with Crippen molar-refractivity contribution >= 4 is 22.6 Å². The van der Waals surface area contributed by atoms with Gasteiger partial charge in [-0.05, 0) is 44.0 Å². The first-order chi connectivity index (χ1) is 14.1. The number of fused-ring (bicyclic) bond motifs is 1. The molecule has 1 aliphatic heterocycles.